The molecule has 0 aliphatic heterocycles. The largest absolute Gasteiger partial charge is 0.496 e. The van der Waals surface area contributed by atoms with Gasteiger partial charge in [0.2, 0.25) is 5.88 Å². The molecule has 0 fully saturated rings. The van der Waals surface area contributed by atoms with Crippen molar-refractivity contribution in [3.05, 3.63) is 52.1 Å². The SMILES string of the molecule is COc1cc(Br)ccc1C(=O)NCc1cccnc1OC. The maximum atomic E-state index is 12.2. The van der Waals surface area contributed by atoms with Crippen LogP contribution in [0.15, 0.2) is 41.0 Å². The standard InChI is InChI=1S/C15H15BrN2O3/c1-20-13-8-11(16)5-6-12(13)14(19)18-9-10-4-3-7-17-15(10)21-2/h3-8H,9H2,1-2H3,(H,18,19). The van der Waals surface area contributed by atoms with Crippen LogP contribution < -0.4 is 14.8 Å². The lowest BCUT2D eigenvalue weighted by Crippen LogP contribution is -2.23. The second kappa shape index (κ2) is 7.08. The Morgan fingerprint density at radius 3 is 2.81 bits per heavy atom. The third-order valence-electron chi connectivity index (χ3n) is 2.89. The van der Waals surface area contributed by atoms with Gasteiger partial charge in [-0.15, -0.1) is 0 Å². The van der Waals surface area contributed by atoms with Gasteiger partial charge in [-0.25, -0.2) is 4.98 Å². The summed E-state index contributed by atoms with van der Waals surface area (Å²) < 4.78 is 11.2. The Balaban J connectivity index is 2.12. The molecule has 0 aliphatic carbocycles. The van der Waals surface area contributed by atoms with Crippen LogP contribution in [0, 0.1) is 0 Å². The Labute approximate surface area is 131 Å². The number of carbonyl (C=O) groups is 1. The monoisotopic (exact) mass is 350 g/mol. The molecule has 0 radical (unpaired) electrons. The lowest BCUT2D eigenvalue weighted by atomic mass is 10.2. The molecule has 21 heavy (non-hydrogen) atoms. The Bertz CT molecular complexity index is 647. The predicted molar refractivity (Wildman–Crippen MR) is 82.7 cm³/mol. The highest BCUT2D eigenvalue weighted by atomic mass is 79.9. The molecule has 1 N–H and O–H groups in total. The molecular weight excluding hydrogens is 336 g/mol. The Hall–Kier alpha value is -2.08. The van der Waals surface area contributed by atoms with Gasteiger partial charge in [0.1, 0.15) is 5.75 Å². The fraction of sp³-hybridized carbons (Fsp3) is 0.200. The number of pyridine rings is 1. The van der Waals surface area contributed by atoms with Gasteiger partial charge in [-0.05, 0) is 24.3 Å². The summed E-state index contributed by atoms with van der Waals surface area (Å²) in [6.45, 7) is 0.328. The molecule has 1 aromatic carbocycles. The first-order valence-electron chi connectivity index (χ1n) is 6.25. The topological polar surface area (TPSA) is 60.5 Å². The van der Waals surface area contributed by atoms with Gasteiger partial charge in [0, 0.05) is 22.8 Å². The zero-order valence-corrected chi connectivity index (χ0v) is 13.3. The van der Waals surface area contributed by atoms with Gasteiger partial charge < -0.3 is 14.8 Å². The van der Waals surface area contributed by atoms with Crippen LogP contribution in [-0.2, 0) is 6.54 Å². The van der Waals surface area contributed by atoms with Crippen molar-refractivity contribution in [2.45, 2.75) is 6.54 Å². The number of hydrogen-bond acceptors (Lipinski definition) is 4. The minimum Gasteiger partial charge on any atom is -0.496 e. The lowest BCUT2D eigenvalue weighted by molar-refractivity contribution is 0.0947. The summed E-state index contributed by atoms with van der Waals surface area (Å²) in [7, 11) is 3.08. The highest BCUT2D eigenvalue weighted by molar-refractivity contribution is 9.10. The van der Waals surface area contributed by atoms with E-state index in [1.54, 1.807) is 37.6 Å². The Kier molecular flexibility index (Phi) is 5.16. The average Bonchev–Trinajstić information content (AvgIpc) is 2.52. The van der Waals surface area contributed by atoms with Crippen molar-refractivity contribution in [1.29, 1.82) is 0 Å². The second-order valence-electron chi connectivity index (χ2n) is 4.20. The van der Waals surface area contributed by atoms with Crippen molar-refractivity contribution in [1.82, 2.24) is 10.3 Å². The van der Waals surface area contributed by atoms with Crippen molar-refractivity contribution in [2.75, 3.05) is 14.2 Å². The quantitative estimate of drug-likeness (QED) is 0.900. The number of ether oxygens (including phenoxy) is 2. The van der Waals surface area contributed by atoms with Crippen molar-refractivity contribution >= 4 is 21.8 Å². The maximum Gasteiger partial charge on any atom is 0.255 e. The molecule has 1 amide bonds. The van der Waals surface area contributed by atoms with Crippen LogP contribution in [0.25, 0.3) is 0 Å². The molecule has 0 bridgehead atoms. The summed E-state index contributed by atoms with van der Waals surface area (Å²) in [6.07, 6.45) is 1.64. The van der Waals surface area contributed by atoms with E-state index in [4.69, 9.17) is 9.47 Å². The number of carbonyl (C=O) groups excluding carboxylic acids is 1. The second-order valence-corrected chi connectivity index (χ2v) is 5.11. The third-order valence-corrected chi connectivity index (χ3v) is 3.38. The molecule has 0 unspecified atom stereocenters. The first-order chi connectivity index (χ1) is 10.2. The van der Waals surface area contributed by atoms with E-state index in [2.05, 4.69) is 26.2 Å². The summed E-state index contributed by atoms with van der Waals surface area (Å²) in [5.41, 5.74) is 1.29. The highest BCUT2D eigenvalue weighted by Gasteiger charge is 2.13. The molecule has 2 rings (SSSR count). The van der Waals surface area contributed by atoms with Crippen LogP contribution in [0.2, 0.25) is 0 Å². The molecule has 0 atom stereocenters. The van der Waals surface area contributed by atoms with Gasteiger partial charge in [0.25, 0.3) is 5.91 Å². The smallest absolute Gasteiger partial charge is 0.255 e. The van der Waals surface area contributed by atoms with E-state index in [-0.39, 0.29) is 5.91 Å². The number of rotatable bonds is 5. The van der Waals surface area contributed by atoms with Crippen molar-refractivity contribution < 1.29 is 14.3 Å². The van der Waals surface area contributed by atoms with Crippen LogP contribution in [-0.4, -0.2) is 25.1 Å². The Morgan fingerprint density at radius 1 is 1.29 bits per heavy atom. The van der Waals surface area contributed by atoms with E-state index >= 15 is 0 Å². The van der Waals surface area contributed by atoms with Gasteiger partial charge in [0.15, 0.2) is 0 Å². The third kappa shape index (κ3) is 3.72. The van der Waals surface area contributed by atoms with E-state index in [1.807, 2.05) is 6.07 Å². The predicted octanol–water partition coefficient (Wildman–Crippen LogP) is 2.79. The number of methoxy groups -OCH3 is 2. The van der Waals surface area contributed by atoms with E-state index in [9.17, 15) is 4.79 Å². The van der Waals surface area contributed by atoms with Crippen LogP contribution in [0.1, 0.15) is 15.9 Å². The first-order valence-corrected chi connectivity index (χ1v) is 7.04. The fourth-order valence-electron chi connectivity index (χ4n) is 1.87. The van der Waals surface area contributed by atoms with Gasteiger partial charge in [-0.2, -0.15) is 0 Å². The van der Waals surface area contributed by atoms with Crippen LogP contribution in [0.3, 0.4) is 0 Å². The van der Waals surface area contributed by atoms with Gasteiger partial charge in [0.05, 0.1) is 19.8 Å². The van der Waals surface area contributed by atoms with Crippen molar-refractivity contribution in [3.63, 3.8) is 0 Å². The molecule has 110 valence electrons. The minimum atomic E-state index is -0.217. The summed E-state index contributed by atoms with van der Waals surface area (Å²) in [5, 5.41) is 2.83. The molecular formula is C15H15BrN2O3. The fourth-order valence-corrected chi connectivity index (χ4v) is 2.21. The molecule has 0 aliphatic rings. The molecule has 0 spiro atoms. The van der Waals surface area contributed by atoms with Crippen molar-refractivity contribution in [3.8, 4) is 11.6 Å². The van der Waals surface area contributed by atoms with Crippen LogP contribution in [0.5, 0.6) is 11.6 Å². The van der Waals surface area contributed by atoms with Gasteiger partial charge >= 0.3 is 0 Å². The first kappa shape index (κ1) is 15.3. The van der Waals surface area contributed by atoms with Gasteiger partial charge in [-0.1, -0.05) is 22.0 Å². The van der Waals surface area contributed by atoms with Gasteiger partial charge in [-0.3, -0.25) is 4.79 Å². The number of hydrogen-bond donors (Lipinski definition) is 1. The molecule has 5 nitrogen and oxygen atoms in total. The van der Waals surface area contributed by atoms with Crippen LogP contribution in [0.4, 0.5) is 0 Å². The van der Waals surface area contributed by atoms with Crippen LogP contribution >= 0.6 is 15.9 Å². The lowest BCUT2D eigenvalue weighted by Gasteiger charge is -2.11. The minimum absolute atomic E-state index is 0.217. The normalized spacial score (nSPS) is 10.0. The average molecular weight is 351 g/mol. The van der Waals surface area contributed by atoms with E-state index in [1.165, 1.54) is 7.11 Å². The van der Waals surface area contributed by atoms with E-state index in [0.29, 0.717) is 23.7 Å². The van der Waals surface area contributed by atoms with E-state index < -0.39 is 0 Å². The molecule has 2 aromatic rings. The maximum absolute atomic E-state index is 12.2. The van der Waals surface area contributed by atoms with Crippen molar-refractivity contribution in [2.24, 2.45) is 0 Å². The molecule has 1 aromatic heterocycles. The molecule has 6 heteroatoms. The summed E-state index contributed by atoms with van der Waals surface area (Å²) in [5.74, 6) is 0.797. The van der Waals surface area contributed by atoms with E-state index in [0.717, 1.165) is 10.0 Å². The zero-order valence-electron chi connectivity index (χ0n) is 11.7. The molecule has 1 heterocycles. The summed E-state index contributed by atoms with van der Waals surface area (Å²) in [6, 6.07) is 8.90. The number of amides is 1. The number of nitrogens with one attached hydrogen (secondary N) is 1. The number of benzene rings is 1. The zero-order chi connectivity index (χ0) is 15.2. The molecule has 0 saturated carbocycles. The number of nitrogens with zero attached hydrogens (tertiary/aromatic N) is 1. The Morgan fingerprint density at radius 2 is 2.10 bits per heavy atom. The number of aromatic nitrogens is 1. The summed E-state index contributed by atoms with van der Waals surface area (Å²) in [4.78, 5) is 16.3. The highest BCUT2D eigenvalue weighted by Crippen LogP contribution is 2.23. The number of halogens is 1. The summed E-state index contributed by atoms with van der Waals surface area (Å²) >= 11 is 3.34. The molecule has 0 saturated heterocycles.